The molecule has 0 spiro atoms. The van der Waals surface area contributed by atoms with E-state index in [0.717, 1.165) is 5.57 Å². The SMILES string of the molecule is C=C/C(CNCCO)=C(O)\C=C/C. The lowest BCUT2D eigenvalue weighted by molar-refractivity contribution is 0.294. The van der Waals surface area contributed by atoms with Gasteiger partial charge >= 0.3 is 0 Å². The highest BCUT2D eigenvalue weighted by Crippen LogP contribution is 2.02. The molecule has 0 aromatic rings. The number of hydrogen-bond donors (Lipinski definition) is 3. The summed E-state index contributed by atoms with van der Waals surface area (Å²) in [6, 6.07) is 0. The molecular weight excluding hydrogens is 166 g/mol. The van der Waals surface area contributed by atoms with Gasteiger partial charge in [0.15, 0.2) is 0 Å². The summed E-state index contributed by atoms with van der Waals surface area (Å²) >= 11 is 0. The molecule has 0 atom stereocenters. The van der Waals surface area contributed by atoms with E-state index < -0.39 is 0 Å². The van der Waals surface area contributed by atoms with Crippen molar-refractivity contribution < 1.29 is 10.2 Å². The summed E-state index contributed by atoms with van der Waals surface area (Å²) < 4.78 is 0. The first kappa shape index (κ1) is 11.9. The van der Waals surface area contributed by atoms with E-state index in [1.165, 1.54) is 0 Å². The number of rotatable bonds is 6. The summed E-state index contributed by atoms with van der Waals surface area (Å²) in [4.78, 5) is 0. The van der Waals surface area contributed by atoms with Crippen molar-refractivity contribution >= 4 is 0 Å². The number of allylic oxidation sites excluding steroid dienone is 2. The van der Waals surface area contributed by atoms with Gasteiger partial charge in [0.25, 0.3) is 0 Å². The van der Waals surface area contributed by atoms with Crippen LogP contribution in [0.25, 0.3) is 0 Å². The fourth-order valence-electron chi connectivity index (χ4n) is 0.834. The summed E-state index contributed by atoms with van der Waals surface area (Å²) in [6.07, 6.45) is 4.96. The molecule has 0 fully saturated rings. The van der Waals surface area contributed by atoms with Gasteiger partial charge in [-0.3, -0.25) is 0 Å². The number of aliphatic hydroxyl groups is 2. The lowest BCUT2D eigenvalue weighted by atomic mass is 10.2. The molecule has 0 aliphatic rings. The third-order valence-electron chi connectivity index (χ3n) is 1.50. The highest BCUT2D eigenvalue weighted by Gasteiger charge is 1.97. The van der Waals surface area contributed by atoms with Crippen molar-refractivity contribution in [2.45, 2.75) is 6.92 Å². The molecular formula is C10H17NO2. The fraction of sp³-hybridized carbons (Fsp3) is 0.400. The van der Waals surface area contributed by atoms with E-state index in [4.69, 9.17) is 5.11 Å². The van der Waals surface area contributed by atoms with Gasteiger partial charge in [-0.1, -0.05) is 18.7 Å². The van der Waals surface area contributed by atoms with Crippen LogP contribution in [0.1, 0.15) is 6.92 Å². The lowest BCUT2D eigenvalue weighted by Gasteiger charge is -2.04. The summed E-state index contributed by atoms with van der Waals surface area (Å²) in [7, 11) is 0. The Morgan fingerprint density at radius 2 is 2.23 bits per heavy atom. The third-order valence-corrected chi connectivity index (χ3v) is 1.50. The van der Waals surface area contributed by atoms with Crippen molar-refractivity contribution in [2.75, 3.05) is 19.7 Å². The van der Waals surface area contributed by atoms with Crippen LogP contribution in [0.2, 0.25) is 0 Å². The largest absolute Gasteiger partial charge is 0.508 e. The van der Waals surface area contributed by atoms with Crippen molar-refractivity contribution in [3.63, 3.8) is 0 Å². The van der Waals surface area contributed by atoms with Crippen LogP contribution in [0.15, 0.2) is 36.1 Å². The highest BCUT2D eigenvalue weighted by molar-refractivity contribution is 5.28. The van der Waals surface area contributed by atoms with E-state index in [0.29, 0.717) is 13.1 Å². The summed E-state index contributed by atoms with van der Waals surface area (Å²) in [5, 5.41) is 20.9. The minimum absolute atomic E-state index is 0.0921. The van der Waals surface area contributed by atoms with Crippen molar-refractivity contribution in [2.24, 2.45) is 0 Å². The molecule has 0 aromatic carbocycles. The molecule has 0 aromatic heterocycles. The Kier molecular flexibility index (Phi) is 6.96. The summed E-state index contributed by atoms with van der Waals surface area (Å²) in [5.41, 5.74) is 0.728. The Balaban J connectivity index is 4.15. The first-order valence-corrected chi connectivity index (χ1v) is 4.25. The van der Waals surface area contributed by atoms with Crippen LogP contribution in [0.5, 0.6) is 0 Å². The molecule has 3 nitrogen and oxygen atoms in total. The zero-order chi connectivity index (χ0) is 10.1. The quantitative estimate of drug-likeness (QED) is 0.329. The minimum atomic E-state index is 0.0921. The van der Waals surface area contributed by atoms with Gasteiger partial charge in [-0.25, -0.2) is 0 Å². The van der Waals surface area contributed by atoms with Crippen molar-refractivity contribution in [1.29, 1.82) is 0 Å². The standard InChI is InChI=1S/C10H17NO2/c1-3-5-10(13)9(4-2)8-11-6-7-12/h3-5,11-13H,2,6-8H2,1H3/b5-3-,10-9-. The van der Waals surface area contributed by atoms with E-state index in [-0.39, 0.29) is 12.4 Å². The molecule has 0 rings (SSSR count). The molecule has 3 heteroatoms. The van der Waals surface area contributed by atoms with Crippen LogP contribution in [-0.2, 0) is 0 Å². The topological polar surface area (TPSA) is 52.5 Å². The Labute approximate surface area is 79.1 Å². The van der Waals surface area contributed by atoms with Gasteiger partial charge in [-0.15, -0.1) is 0 Å². The minimum Gasteiger partial charge on any atom is -0.508 e. The van der Waals surface area contributed by atoms with Crippen LogP contribution in [0.4, 0.5) is 0 Å². The Morgan fingerprint density at radius 1 is 1.54 bits per heavy atom. The molecule has 0 aliphatic carbocycles. The monoisotopic (exact) mass is 183 g/mol. The fourth-order valence-corrected chi connectivity index (χ4v) is 0.834. The molecule has 13 heavy (non-hydrogen) atoms. The summed E-state index contributed by atoms with van der Waals surface area (Å²) in [5.74, 6) is 0.211. The predicted octanol–water partition coefficient (Wildman–Crippen LogP) is 1.14. The maximum Gasteiger partial charge on any atom is 0.119 e. The van der Waals surface area contributed by atoms with E-state index in [1.807, 2.05) is 6.92 Å². The molecule has 0 saturated heterocycles. The second kappa shape index (κ2) is 7.58. The molecule has 3 N–H and O–H groups in total. The third kappa shape index (κ3) is 5.22. The molecule has 0 aliphatic heterocycles. The first-order valence-electron chi connectivity index (χ1n) is 4.25. The zero-order valence-electron chi connectivity index (χ0n) is 7.95. The van der Waals surface area contributed by atoms with Crippen LogP contribution in [0, 0.1) is 0 Å². The Hall–Kier alpha value is -1.06. The molecule has 0 amide bonds. The van der Waals surface area contributed by atoms with Crippen LogP contribution >= 0.6 is 0 Å². The van der Waals surface area contributed by atoms with Gasteiger partial charge in [0.05, 0.1) is 6.61 Å². The molecule has 0 radical (unpaired) electrons. The van der Waals surface area contributed by atoms with Crippen molar-refractivity contribution in [3.8, 4) is 0 Å². The van der Waals surface area contributed by atoms with Crippen LogP contribution in [-0.4, -0.2) is 29.9 Å². The average Bonchev–Trinajstić information content (AvgIpc) is 2.13. The molecule has 74 valence electrons. The van der Waals surface area contributed by atoms with E-state index in [9.17, 15) is 5.11 Å². The second-order valence-corrected chi connectivity index (χ2v) is 2.51. The molecule has 0 bridgehead atoms. The molecule has 0 unspecified atom stereocenters. The normalized spacial score (nSPS) is 13.1. The second-order valence-electron chi connectivity index (χ2n) is 2.51. The van der Waals surface area contributed by atoms with Gasteiger partial charge in [0.2, 0.25) is 0 Å². The van der Waals surface area contributed by atoms with E-state index in [1.54, 1.807) is 18.2 Å². The van der Waals surface area contributed by atoms with Gasteiger partial charge in [-0.2, -0.15) is 0 Å². The van der Waals surface area contributed by atoms with E-state index in [2.05, 4.69) is 11.9 Å². The smallest absolute Gasteiger partial charge is 0.119 e. The highest BCUT2D eigenvalue weighted by atomic mass is 16.3. The Morgan fingerprint density at radius 3 is 2.69 bits per heavy atom. The van der Waals surface area contributed by atoms with Crippen molar-refractivity contribution in [1.82, 2.24) is 5.32 Å². The molecule has 0 heterocycles. The van der Waals surface area contributed by atoms with Gasteiger partial charge in [0.1, 0.15) is 5.76 Å². The maximum absolute atomic E-state index is 9.43. The van der Waals surface area contributed by atoms with Crippen LogP contribution in [0.3, 0.4) is 0 Å². The lowest BCUT2D eigenvalue weighted by Crippen LogP contribution is -2.20. The number of aliphatic hydroxyl groups excluding tert-OH is 2. The van der Waals surface area contributed by atoms with Gasteiger partial charge in [-0.05, 0) is 13.0 Å². The number of hydrogen-bond acceptors (Lipinski definition) is 3. The van der Waals surface area contributed by atoms with Gasteiger partial charge < -0.3 is 15.5 Å². The summed E-state index contributed by atoms with van der Waals surface area (Å²) in [6.45, 7) is 6.54. The predicted molar refractivity (Wildman–Crippen MR) is 54.6 cm³/mol. The average molecular weight is 183 g/mol. The van der Waals surface area contributed by atoms with Gasteiger partial charge in [0, 0.05) is 18.7 Å². The van der Waals surface area contributed by atoms with Crippen LogP contribution < -0.4 is 5.32 Å². The number of nitrogens with one attached hydrogen (secondary N) is 1. The Bertz CT molecular complexity index is 207. The molecule has 0 saturated carbocycles. The van der Waals surface area contributed by atoms with Crippen molar-refractivity contribution in [3.05, 3.63) is 36.1 Å². The van der Waals surface area contributed by atoms with E-state index >= 15 is 0 Å². The zero-order valence-corrected chi connectivity index (χ0v) is 7.95. The first-order chi connectivity index (χ1) is 6.26. The maximum atomic E-state index is 9.43.